The Bertz CT molecular complexity index is 1830. The van der Waals surface area contributed by atoms with Gasteiger partial charge in [0.25, 0.3) is 5.91 Å². The van der Waals surface area contributed by atoms with E-state index in [-0.39, 0.29) is 29.5 Å². The van der Waals surface area contributed by atoms with E-state index in [0.717, 1.165) is 86.9 Å². The number of amides is 2. The number of hydrogen-bond acceptors (Lipinski definition) is 10. The van der Waals surface area contributed by atoms with Gasteiger partial charge in [-0.25, -0.2) is 0 Å². The van der Waals surface area contributed by atoms with Gasteiger partial charge in [0.1, 0.15) is 30.5 Å². The molecule has 1 saturated heterocycles. The second kappa shape index (κ2) is 20.0. The van der Waals surface area contributed by atoms with E-state index < -0.39 is 6.04 Å². The molecule has 14 heteroatoms. The van der Waals surface area contributed by atoms with Gasteiger partial charge in [0.05, 0.1) is 5.16 Å². The first-order valence-corrected chi connectivity index (χ1v) is 19.3. The minimum absolute atomic E-state index is 0.113. The summed E-state index contributed by atoms with van der Waals surface area (Å²) in [5, 5.41) is 13.0. The highest BCUT2D eigenvalue weighted by Gasteiger charge is 2.36. The van der Waals surface area contributed by atoms with Crippen molar-refractivity contribution in [3.8, 4) is 0 Å². The Labute approximate surface area is 327 Å². The average Bonchev–Trinajstić information content (AvgIpc) is 3.95. The Morgan fingerprint density at radius 1 is 1.00 bits per heavy atom. The van der Waals surface area contributed by atoms with E-state index in [2.05, 4.69) is 50.0 Å². The Balaban J connectivity index is 0.000000246. The lowest BCUT2D eigenvalue weighted by molar-refractivity contribution is -0.125. The zero-order valence-corrected chi connectivity index (χ0v) is 32.4. The molecule has 7 N–H and O–H groups in total. The first-order valence-electron chi connectivity index (χ1n) is 18.9. The quantitative estimate of drug-likeness (QED) is 0.0622. The molecule has 6 rings (SSSR count). The fourth-order valence-electron chi connectivity index (χ4n) is 7.65. The molecule has 1 aliphatic carbocycles. The van der Waals surface area contributed by atoms with Gasteiger partial charge in [0, 0.05) is 69.3 Å². The summed E-state index contributed by atoms with van der Waals surface area (Å²) in [5.74, 6) is 1.68. The molecule has 294 valence electrons. The second-order valence-electron chi connectivity index (χ2n) is 14.3. The second-order valence-corrected chi connectivity index (χ2v) is 14.7. The molecular weight excluding hydrogens is 720 g/mol. The predicted molar refractivity (Wildman–Crippen MR) is 213 cm³/mol. The number of carbonyl (C=O) groups is 4. The van der Waals surface area contributed by atoms with Gasteiger partial charge in [-0.3, -0.25) is 19.6 Å². The number of nitrogens with two attached hydrogens (primary N) is 2. The minimum atomic E-state index is -0.635. The average molecular weight is 773 g/mol. The summed E-state index contributed by atoms with van der Waals surface area (Å²) in [5.41, 5.74) is 17.4. The van der Waals surface area contributed by atoms with Crippen LogP contribution in [0.2, 0.25) is 0 Å². The molecular formula is C41H53ClN8O5. The van der Waals surface area contributed by atoms with Gasteiger partial charge < -0.3 is 41.3 Å². The van der Waals surface area contributed by atoms with Crippen molar-refractivity contribution in [1.29, 1.82) is 0 Å². The van der Waals surface area contributed by atoms with Gasteiger partial charge >= 0.3 is 0 Å². The maximum absolute atomic E-state index is 13.0. The third kappa shape index (κ3) is 11.2. The number of H-pyrrole nitrogens is 1. The molecule has 2 aliphatic heterocycles. The molecule has 1 saturated carbocycles. The zero-order chi connectivity index (χ0) is 39.3. The zero-order valence-electron chi connectivity index (χ0n) is 31.6. The van der Waals surface area contributed by atoms with Crippen molar-refractivity contribution in [3.63, 3.8) is 0 Å². The van der Waals surface area contributed by atoms with Crippen LogP contribution < -0.4 is 22.1 Å². The number of likely N-dealkylation sites (tertiary alicyclic amines) is 1. The molecule has 0 spiro atoms. The van der Waals surface area contributed by atoms with Crippen LogP contribution in [0.4, 0.5) is 5.82 Å². The number of allylic oxidation sites excluding steroid dienone is 2. The van der Waals surface area contributed by atoms with E-state index in [1.54, 1.807) is 18.0 Å². The highest BCUT2D eigenvalue weighted by molar-refractivity contribution is 6.29. The summed E-state index contributed by atoms with van der Waals surface area (Å²) in [6, 6.07) is 15.8. The Morgan fingerprint density at radius 2 is 1.75 bits per heavy atom. The van der Waals surface area contributed by atoms with Crippen molar-refractivity contribution in [3.05, 3.63) is 105 Å². The molecule has 3 unspecified atom stereocenters. The van der Waals surface area contributed by atoms with Crippen LogP contribution in [0.25, 0.3) is 0 Å². The van der Waals surface area contributed by atoms with Crippen LogP contribution in [-0.4, -0.2) is 83.7 Å². The number of aldehydes is 2. The Morgan fingerprint density at radius 3 is 2.40 bits per heavy atom. The van der Waals surface area contributed by atoms with Crippen molar-refractivity contribution >= 4 is 41.8 Å². The monoisotopic (exact) mass is 772 g/mol. The van der Waals surface area contributed by atoms with Crippen LogP contribution in [-0.2, 0) is 38.6 Å². The van der Waals surface area contributed by atoms with E-state index in [0.29, 0.717) is 42.7 Å². The van der Waals surface area contributed by atoms with Crippen molar-refractivity contribution in [2.45, 2.75) is 88.4 Å². The maximum atomic E-state index is 13.0. The van der Waals surface area contributed by atoms with Gasteiger partial charge in [-0.15, -0.1) is 0 Å². The smallest absolute Gasteiger partial charge is 0.255 e. The molecule has 0 bridgehead atoms. The van der Waals surface area contributed by atoms with Crippen molar-refractivity contribution in [2.24, 2.45) is 11.5 Å². The number of nitrogens with one attached hydrogen (secondary N) is 3. The lowest BCUT2D eigenvalue weighted by Gasteiger charge is -2.32. The van der Waals surface area contributed by atoms with Crippen LogP contribution in [0.15, 0.2) is 71.7 Å². The molecule has 3 aromatic rings. The van der Waals surface area contributed by atoms with Crippen LogP contribution in [0, 0.1) is 0 Å². The van der Waals surface area contributed by atoms with E-state index in [4.69, 9.17) is 27.8 Å². The summed E-state index contributed by atoms with van der Waals surface area (Å²) in [7, 11) is 3.40. The molecule has 3 atom stereocenters. The number of likely N-dealkylation sites (N-methyl/N-ethyl adjacent to an activating group) is 1. The number of ether oxygens (including phenoxy) is 1. The molecule has 13 nitrogen and oxygen atoms in total. The number of aromatic amines is 1. The van der Waals surface area contributed by atoms with Crippen LogP contribution in [0.5, 0.6) is 0 Å². The van der Waals surface area contributed by atoms with Gasteiger partial charge in [-0.1, -0.05) is 48.0 Å². The predicted octanol–water partition coefficient (Wildman–Crippen LogP) is 4.80. The van der Waals surface area contributed by atoms with Crippen molar-refractivity contribution < 1.29 is 23.9 Å². The largest absolute Gasteiger partial charge is 0.476 e. The summed E-state index contributed by atoms with van der Waals surface area (Å²) < 4.78 is 5.68. The highest BCUT2D eigenvalue weighted by Crippen LogP contribution is 2.36. The van der Waals surface area contributed by atoms with Crippen LogP contribution in [0.1, 0.15) is 95.1 Å². The molecule has 1 aromatic heterocycles. The summed E-state index contributed by atoms with van der Waals surface area (Å²) in [6.45, 7) is 3.32. The molecule has 0 radical (unpaired) electrons. The van der Waals surface area contributed by atoms with Crippen LogP contribution >= 0.6 is 11.6 Å². The van der Waals surface area contributed by atoms with E-state index in [1.165, 1.54) is 17.2 Å². The maximum Gasteiger partial charge on any atom is 0.255 e. The minimum Gasteiger partial charge on any atom is -0.476 e. The number of hydrogen-bond donors (Lipinski definition) is 5. The topological polar surface area (TPSA) is 189 Å². The van der Waals surface area contributed by atoms with Crippen molar-refractivity contribution in [2.75, 3.05) is 32.5 Å². The first-order chi connectivity index (χ1) is 26.6. The number of benzene rings is 2. The van der Waals surface area contributed by atoms with Gasteiger partial charge in [-0.05, 0) is 91.9 Å². The van der Waals surface area contributed by atoms with E-state index in [1.807, 2.05) is 31.3 Å². The fourth-order valence-corrected chi connectivity index (χ4v) is 7.71. The first kappa shape index (κ1) is 41.0. The van der Waals surface area contributed by atoms with Crippen molar-refractivity contribution in [1.82, 2.24) is 25.3 Å². The third-order valence-corrected chi connectivity index (χ3v) is 10.8. The Hall–Kier alpha value is -5.14. The van der Waals surface area contributed by atoms with Gasteiger partial charge in [-0.2, -0.15) is 5.10 Å². The molecule has 2 amide bonds. The fraction of sp³-hybridized carbons (Fsp3) is 0.439. The third-order valence-electron chi connectivity index (χ3n) is 10.6. The summed E-state index contributed by atoms with van der Waals surface area (Å²) in [4.78, 5) is 51.0. The van der Waals surface area contributed by atoms with Gasteiger partial charge in [0.15, 0.2) is 5.88 Å². The number of aromatic nitrogens is 2. The number of rotatable bonds is 15. The number of halogens is 1. The van der Waals surface area contributed by atoms with E-state index in [9.17, 15) is 19.2 Å². The summed E-state index contributed by atoms with van der Waals surface area (Å²) in [6.07, 6.45) is 11.0. The molecule has 2 fully saturated rings. The number of nitrogens with zero attached hydrogens (tertiary/aromatic N) is 3. The van der Waals surface area contributed by atoms with E-state index >= 15 is 0 Å². The number of carbonyl (C=O) groups excluding carboxylic acids is 4. The highest BCUT2D eigenvalue weighted by atomic mass is 35.5. The molecule has 2 aromatic carbocycles. The SMILES string of the molecule is CNC(=O)C(CCC=O)N1Cc2cc(C3CCN(Cc4ccc(CC=O)cc4)CC3)ccc2C1=O.CNc1cc(C2CCC(O/C(N)=C/C=C(\N)Cl)C2)[nH]n1. The molecule has 3 heterocycles. The lowest BCUT2D eigenvalue weighted by atomic mass is 9.87. The molecule has 3 aliphatic rings. The molecule has 55 heavy (non-hydrogen) atoms. The number of fused-ring (bicyclic) bond motifs is 1. The number of piperidine rings is 1. The standard InChI is InChI=1S/C28H33N3O4.C13H20ClN5O/c1-29-27(34)26(3-2-15-32)31-19-24-17-23(8-9-25(24)28(31)35)22-10-13-30(14-11-22)18-21-6-4-20(5-7-21)12-16-33;1-17-13-7-10(18-19-13)8-2-3-9(6-8)20-12(16)5-4-11(14)15/h4-9,15-17,22,26H,2-3,10-14,18-19H2,1H3,(H,29,34);4-5,7-9H,2-3,6,15-16H2,1H3,(H2,17,18,19)/b;11-4-,12-5+. The summed E-state index contributed by atoms with van der Waals surface area (Å²) >= 11 is 5.52. The van der Waals surface area contributed by atoms with Crippen LogP contribution in [0.3, 0.4) is 0 Å². The number of anilines is 1. The normalized spacial score (nSPS) is 19.6. The Kier molecular flexibility index (Phi) is 14.9. The van der Waals surface area contributed by atoms with Gasteiger partial charge in [0.2, 0.25) is 5.91 Å². The lowest BCUT2D eigenvalue weighted by Crippen LogP contribution is -2.46.